The number of hydrogen-bond donors (Lipinski definition) is 2. The van der Waals surface area contributed by atoms with Crippen LogP contribution in [0.1, 0.15) is 37.7 Å². The minimum absolute atomic E-state index is 0.207. The molecule has 0 spiro atoms. The lowest BCUT2D eigenvalue weighted by Crippen LogP contribution is -2.37. The molecule has 146 valence electrons. The van der Waals surface area contributed by atoms with Gasteiger partial charge in [-0.2, -0.15) is 5.10 Å². The fraction of sp³-hybridized carbons (Fsp3) is 0.526. The summed E-state index contributed by atoms with van der Waals surface area (Å²) in [6.45, 7) is 8.55. The second-order valence-electron chi connectivity index (χ2n) is 6.48. The topological polar surface area (TPSA) is 85.6 Å². The molecule has 0 amide bonds. The maximum Gasteiger partial charge on any atom is 0.191 e. The van der Waals surface area contributed by atoms with Crippen LogP contribution >= 0.6 is 0 Å². The first-order valence-corrected chi connectivity index (χ1v) is 9.41. The largest absolute Gasteiger partial charge is 0.494 e. The quantitative estimate of drug-likeness (QED) is 0.569. The summed E-state index contributed by atoms with van der Waals surface area (Å²) in [4.78, 5) is 8.92. The first kappa shape index (κ1) is 19.0. The van der Waals surface area contributed by atoms with Crippen LogP contribution in [0.3, 0.4) is 0 Å². The molecular formula is C19H28N6O2. The molecule has 1 aliphatic heterocycles. The Labute approximate surface area is 160 Å². The number of guanidine groups is 1. The molecule has 0 saturated carbocycles. The molecule has 1 atom stereocenters. The van der Waals surface area contributed by atoms with Gasteiger partial charge in [0.1, 0.15) is 29.8 Å². The number of aromatic nitrogens is 3. The van der Waals surface area contributed by atoms with Crippen LogP contribution in [0.4, 0.5) is 0 Å². The highest BCUT2D eigenvalue weighted by molar-refractivity contribution is 5.79. The molecular weight excluding hydrogens is 344 g/mol. The average molecular weight is 372 g/mol. The van der Waals surface area contributed by atoms with Crippen molar-refractivity contribution in [2.24, 2.45) is 12.0 Å². The van der Waals surface area contributed by atoms with E-state index in [0.29, 0.717) is 19.7 Å². The molecule has 8 nitrogen and oxygen atoms in total. The number of aryl methyl sites for hydroxylation is 1. The number of aliphatic imine (C=N–C) groups is 1. The van der Waals surface area contributed by atoms with Crippen molar-refractivity contribution in [1.82, 2.24) is 25.4 Å². The lowest BCUT2D eigenvalue weighted by molar-refractivity contribution is 0.254. The maximum atomic E-state index is 5.89. The molecule has 1 aromatic carbocycles. The van der Waals surface area contributed by atoms with Crippen molar-refractivity contribution in [3.05, 3.63) is 35.4 Å². The lowest BCUT2D eigenvalue weighted by atomic mass is 10.1. The van der Waals surface area contributed by atoms with Crippen LogP contribution in [0, 0.1) is 0 Å². The lowest BCUT2D eigenvalue weighted by Gasteiger charge is -2.13. The summed E-state index contributed by atoms with van der Waals surface area (Å²) in [6, 6.07) is 4.15. The van der Waals surface area contributed by atoms with Gasteiger partial charge in [-0.05, 0) is 32.9 Å². The molecule has 3 rings (SSSR count). The summed E-state index contributed by atoms with van der Waals surface area (Å²) in [5, 5.41) is 10.6. The first-order chi connectivity index (χ1) is 13.1. The van der Waals surface area contributed by atoms with Gasteiger partial charge in [-0.3, -0.25) is 4.68 Å². The van der Waals surface area contributed by atoms with E-state index in [-0.39, 0.29) is 6.10 Å². The molecule has 2 N–H and O–H groups in total. The molecule has 2 aromatic rings. The number of rotatable bonds is 7. The van der Waals surface area contributed by atoms with E-state index in [1.165, 1.54) is 5.56 Å². The van der Waals surface area contributed by atoms with Crippen molar-refractivity contribution in [3.63, 3.8) is 0 Å². The van der Waals surface area contributed by atoms with Gasteiger partial charge in [0.25, 0.3) is 0 Å². The van der Waals surface area contributed by atoms with Crippen LogP contribution in [0.2, 0.25) is 0 Å². The molecule has 27 heavy (non-hydrogen) atoms. The van der Waals surface area contributed by atoms with Crippen molar-refractivity contribution in [1.29, 1.82) is 0 Å². The monoisotopic (exact) mass is 372 g/mol. The van der Waals surface area contributed by atoms with Gasteiger partial charge in [0.05, 0.1) is 19.7 Å². The standard InChI is InChI=1S/C19H28N6O2/c1-5-20-19(22-11-18-23-12-24-25(18)4)21-10-15-9-17-14(7-13(3)27-17)8-16(15)26-6-2/h8-9,12-13H,5-7,10-11H2,1-4H3,(H2,20,21,22). The van der Waals surface area contributed by atoms with E-state index in [1.54, 1.807) is 11.0 Å². The van der Waals surface area contributed by atoms with Crippen molar-refractivity contribution in [3.8, 4) is 11.5 Å². The van der Waals surface area contributed by atoms with E-state index in [4.69, 9.17) is 14.5 Å². The van der Waals surface area contributed by atoms with E-state index in [1.807, 2.05) is 20.9 Å². The van der Waals surface area contributed by atoms with Gasteiger partial charge >= 0.3 is 0 Å². The third kappa shape index (κ3) is 4.69. The maximum absolute atomic E-state index is 5.89. The second kappa shape index (κ2) is 8.75. The van der Waals surface area contributed by atoms with E-state index < -0.39 is 0 Å². The molecule has 0 fully saturated rings. The van der Waals surface area contributed by atoms with E-state index in [9.17, 15) is 0 Å². The van der Waals surface area contributed by atoms with Crippen LogP contribution in [0.25, 0.3) is 0 Å². The third-order valence-corrected chi connectivity index (χ3v) is 4.35. The van der Waals surface area contributed by atoms with Crippen molar-refractivity contribution in [2.75, 3.05) is 13.2 Å². The molecule has 1 unspecified atom stereocenters. The van der Waals surface area contributed by atoms with Crippen molar-refractivity contribution < 1.29 is 9.47 Å². The summed E-state index contributed by atoms with van der Waals surface area (Å²) in [7, 11) is 1.87. The zero-order valence-electron chi connectivity index (χ0n) is 16.5. The highest BCUT2D eigenvalue weighted by Crippen LogP contribution is 2.35. The molecule has 2 heterocycles. The fourth-order valence-corrected chi connectivity index (χ4v) is 3.04. The molecule has 8 heteroatoms. The summed E-state index contributed by atoms with van der Waals surface area (Å²) in [5.74, 6) is 3.38. The van der Waals surface area contributed by atoms with Gasteiger partial charge in [-0.15, -0.1) is 0 Å². The van der Waals surface area contributed by atoms with Crippen LogP contribution in [0.5, 0.6) is 11.5 Å². The van der Waals surface area contributed by atoms with Crippen LogP contribution in [-0.4, -0.2) is 40.0 Å². The number of nitrogens with zero attached hydrogens (tertiary/aromatic N) is 4. The molecule has 1 aromatic heterocycles. The van der Waals surface area contributed by atoms with E-state index in [2.05, 4.69) is 39.8 Å². The average Bonchev–Trinajstić information content (AvgIpc) is 3.21. The van der Waals surface area contributed by atoms with E-state index in [0.717, 1.165) is 41.8 Å². The minimum Gasteiger partial charge on any atom is -0.494 e. The molecule has 0 radical (unpaired) electrons. The predicted molar refractivity (Wildman–Crippen MR) is 104 cm³/mol. The minimum atomic E-state index is 0.207. The van der Waals surface area contributed by atoms with Crippen LogP contribution in [-0.2, 0) is 26.6 Å². The van der Waals surface area contributed by atoms with Crippen LogP contribution < -0.4 is 20.1 Å². The zero-order valence-corrected chi connectivity index (χ0v) is 16.5. The SMILES string of the molecule is CCNC(=NCc1cc2c(cc1OCC)CC(C)O2)NCc1ncnn1C. The molecule has 0 bridgehead atoms. The molecule has 0 aliphatic carbocycles. The number of benzene rings is 1. The van der Waals surface area contributed by atoms with Gasteiger partial charge in [-0.25, -0.2) is 9.98 Å². The van der Waals surface area contributed by atoms with Crippen molar-refractivity contribution >= 4 is 5.96 Å². The number of nitrogens with one attached hydrogen (secondary N) is 2. The number of fused-ring (bicyclic) bond motifs is 1. The van der Waals surface area contributed by atoms with Gasteiger partial charge in [-0.1, -0.05) is 0 Å². The van der Waals surface area contributed by atoms with Gasteiger partial charge in [0, 0.05) is 31.1 Å². The Kier molecular flexibility index (Phi) is 6.16. The second-order valence-corrected chi connectivity index (χ2v) is 6.48. The van der Waals surface area contributed by atoms with Gasteiger partial charge < -0.3 is 20.1 Å². The normalized spacial score (nSPS) is 16.0. The number of hydrogen-bond acceptors (Lipinski definition) is 5. The Balaban J connectivity index is 1.74. The Morgan fingerprint density at radius 3 is 2.93 bits per heavy atom. The van der Waals surface area contributed by atoms with Crippen molar-refractivity contribution in [2.45, 2.75) is 46.4 Å². The summed E-state index contributed by atoms with van der Waals surface area (Å²) >= 11 is 0. The van der Waals surface area contributed by atoms with Gasteiger partial charge in [0.2, 0.25) is 0 Å². The zero-order chi connectivity index (χ0) is 19.2. The first-order valence-electron chi connectivity index (χ1n) is 9.41. The fourth-order valence-electron chi connectivity index (χ4n) is 3.04. The third-order valence-electron chi connectivity index (χ3n) is 4.35. The predicted octanol–water partition coefficient (Wildman–Crippen LogP) is 1.79. The Morgan fingerprint density at radius 1 is 1.37 bits per heavy atom. The summed E-state index contributed by atoms with van der Waals surface area (Å²) in [6.07, 6.45) is 2.67. The Bertz CT molecular complexity index is 801. The Morgan fingerprint density at radius 2 is 2.22 bits per heavy atom. The molecule has 1 aliphatic rings. The highest BCUT2D eigenvalue weighted by Gasteiger charge is 2.21. The van der Waals surface area contributed by atoms with Crippen LogP contribution in [0.15, 0.2) is 23.5 Å². The smallest absolute Gasteiger partial charge is 0.191 e. The number of ether oxygens (including phenoxy) is 2. The molecule has 0 saturated heterocycles. The van der Waals surface area contributed by atoms with Gasteiger partial charge in [0.15, 0.2) is 5.96 Å². The highest BCUT2D eigenvalue weighted by atomic mass is 16.5. The Hall–Kier alpha value is -2.77. The summed E-state index contributed by atoms with van der Waals surface area (Å²) in [5.41, 5.74) is 2.21. The van der Waals surface area contributed by atoms with E-state index >= 15 is 0 Å². The summed E-state index contributed by atoms with van der Waals surface area (Å²) < 4.78 is 13.5.